The van der Waals surface area contributed by atoms with E-state index < -0.39 is 0 Å². The molecule has 27 heavy (non-hydrogen) atoms. The van der Waals surface area contributed by atoms with E-state index in [1.54, 1.807) is 0 Å². The van der Waals surface area contributed by atoms with Gasteiger partial charge in [0.15, 0.2) is 0 Å². The van der Waals surface area contributed by atoms with E-state index in [0.29, 0.717) is 0 Å². The molecule has 3 heteroatoms. The van der Waals surface area contributed by atoms with Crippen LogP contribution in [0.5, 0.6) is 0 Å². The van der Waals surface area contributed by atoms with Crippen LogP contribution >= 0.6 is 0 Å². The molecular weight excluding hydrogens is 330 g/mol. The second kappa shape index (κ2) is 5.71. The van der Waals surface area contributed by atoms with Crippen LogP contribution in [0, 0.1) is 27.7 Å². The summed E-state index contributed by atoms with van der Waals surface area (Å²) in [5.41, 5.74) is 10.9. The van der Waals surface area contributed by atoms with Crippen LogP contribution < -0.4 is 10.2 Å². The molecule has 5 rings (SSSR count). The monoisotopic (exact) mass is 353 g/mol. The molecular formula is C24H23N3. The average molecular weight is 353 g/mol. The van der Waals surface area contributed by atoms with Crippen molar-refractivity contribution in [1.82, 2.24) is 0 Å². The lowest BCUT2D eigenvalue weighted by Crippen LogP contribution is -2.38. The molecule has 0 aliphatic carbocycles. The van der Waals surface area contributed by atoms with Crippen molar-refractivity contribution in [2.24, 2.45) is 4.99 Å². The number of fused-ring (bicyclic) bond motifs is 5. The first-order valence-corrected chi connectivity index (χ1v) is 9.46. The zero-order valence-electron chi connectivity index (χ0n) is 16.2. The molecule has 0 amide bonds. The fourth-order valence-electron chi connectivity index (χ4n) is 4.53. The minimum Gasteiger partial charge on any atom is -0.359 e. The van der Waals surface area contributed by atoms with Gasteiger partial charge in [-0.2, -0.15) is 0 Å². The maximum absolute atomic E-state index is 5.21. The molecule has 3 aromatic rings. The molecule has 3 aromatic carbocycles. The molecule has 134 valence electrons. The largest absolute Gasteiger partial charge is 0.359 e. The summed E-state index contributed by atoms with van der Waals surface area (Å²) in [7, 11) is 0. The molecule has 2 aliphatic rings. The van der Waals surface area contributed by atoms with Crippen molar-refractivity contribution >= 4 is 22.9 Å². The number of hydrogen-bond acceptors (Lipinski definition) is 3. The molecule has 2 heterocycles. The van der Waals surface area contributed by atoms with Crippen molar-refractivity contribution in [2.75, 3.05) is 10.2 Å². The van der Waals surface area contributed by atoms with Crippen LogP contribution in [0.4, 0.5) is 17.1 Å². The Morgan fingerprint density at radius 1 is 0.852 bits per heavy atom. The summed E-state index contributed by atoms with van der Waals surface area (Å²) < 4.78 is 0. The molecule has 0 spiro atoms. The highest BCUT2D eigenvalue weighted by atomic mass is 15.4. The highest BCUT2D eigenvalue weighted by Gasteiger charge is 2.38. The molecule has 0 bridgehead atoms. The van der Waals surface area contributed by atoms with Crippen LogP contribution in [0.3, 0.4) is 0 Å². The number of benzene rings is 3. The number of anilines is 2. The zero-order chi connectivity index (χ0) is 18.7. The smallest absolute Gasteiger partial charge is 0.143 e. The van der Waals surface area contributed by atoms with E-state index in [4.69, 9.17) is 4.99 Å². The normalized spacial score (nSPS) is 17.0. The minimum atomic E-state index is 0.0740. The third kappa shape index (κ3) is 2.31. The van der Waals surface area contributed by atoms with E-state index in [1.165, 1.54) is 39.1 Å². The summed E-state index contributed by atoms with van der Waals surface area (Å²) in [5, 5.41) is 3.71. The third-order valence-electron chi connectivity index (χ3n) is 5.62. The second-order valence-electron chi connectivity index (χ2n) is 7.66. The summed E-state index contributed by atoms with van der Waals surface area (Å²) in [4.78, 5) is 7.57. The maximum atomic E-state index is 5.21. The number of rotatable bonds is 1. The first-order valence-electron chi connectivity index (χ1n) is 9.46. The van der Waals surface area contributed by atoms with Gasteiger partial charge in [0, 0.05) is 11.1 Å². The Bertz CT molecular complexity index is 1090. The van der Waals surface area contributed by atoms with Gasteiger partial charge in [0.1, 0.15) is 12.0 Å². The van der Waals surface area contributed by atoms with Gasteiger partial charge in [-0.1, -0.05) is 48.0 Å². The molecule has 0 saturated carbocycles. The number of aryl methyl sites for hydroxylation is 4. The summed E-state index contributed by atoms with van der Waals surface area (Å²) >= 11 is 0. The number of nitrogens with one attached hydrogen (secondary N) is 1. The molecule has 1 atom stereocenters. The van der Waals surface area contributed by atoms with Crippen LogP contribution in [-0.2, 0) is 0 Å². The van der Waals surface area contributed by atoms with E-state index in [9.17, 15) is 0 Å². The molecule has 0 aromatic heterocycles. The summed E-state index contributed by atoms with van der Waals surface area (Å²) in [6.45, 7) is 8.68. The van der Waals surface area contributed by atoms with Gasteiger partial charge in [0.25, 0.3) is 0 Å². The van der Waals surface area contributed by atoms with Crippen molar-refractivity contribution in [3.05, 3.63) is 88.0 Å². The van der Waals surface area contributed by atoms with Gasteiger partial charge in [0.2, 0.25) is 0 Å². The van der Waals surface area contributed by atoms with E-state index in [2.05, 4.69) is 92.5 Å². The van der Waals surface area contributed by atoms with E-state index in [0.717, 1.165) is 17.2 Å². The Balaban J connectivity index is 1.82. The fourth-order valence-corrected chi connectivity index (χ4v) is 4.53. The van der Waals surface area contributed by atoms with Crippen LogP contribution in [0.15, 0.2) is 59.6 Å². The Morgan fingerprint density at radius 2 is 1.59 bits per heavy atom. The van der Waals surface area contributed by atoms with Crippen LogP contribution in [0.1, 0.15) is 39.5 Å². The zero-order valence-corrected chi connectivity index (χ0v) is 16.2. The third-order valence-corrected chi connectivity index (χ3v) is 5.62. The molecule has 0 radical (unpaired) electrons. The average Bonchev–Trinajstić information content (AvgIpc) is 3.01. The van der Waals surface area contributed by atoms with Crippen molar-refractivity contribution < 1.29 is 0 Å². The van der Waals surface area contributed by atoms with Gasteiger partial charge in [-0.05, 0) is 56.5 Å². The lowest BCUT2D eigenvalue weighted by Gasteiger charge is -2.34. The maximum Gasteiger partial charge on any atom is 0.143 e. The molecule has 0 saturated heterocycles. The lowest BCUT2D eigenvalue weighted by molar-refractivity contribution is 0.829. The Kier molecular flexibility index (Phi) is 3.41. The molecule has 3 nitrogen and oxygen atoms in total. The van der Waals surface area contributed by atoms with Gasteiger partial charge in [0.05, 0.1) is 17.1 Å². The molecule has 0 fully saturated rings. The number of nitrogens with zero attached hydrogens (tertiary/aromatic N) is 2. The summed E-state index contributed by atoms with van der Waals surface area (Å²) in [5.74, 6) is 1.04. The Hall–Kier alpha value is -3.07. The number of hydrogen-bond donors (Lipinski definition) is 1. The second-order valence-corrected chi connectivity index (χ2v) is 7.66. The summed E-state index contributed by atoms with van der Waals surface area (Å²) in [6.07, 6.45) is 0.0740. The van der Waals surface area contributed by atoms with Gasteiger partial charge in [-0.3, -0.25) is 4.90 Å². The van der Waals surface area contributed by atoms with Crippen LogP contribution in [-0.4, -0.2) is 5.84 Å². The number of amidine groups is 1. The van der Waals surface area contributed by atoms with E-state index >= 15 is 0 Å². The van der Waals surface area contributed by atoms with E-state index in [-0.39, 0.29) is 6.17 Å². The quantitative estimate of drug-likeness (QED) is 0.586. The van der Waals surface area contributed by atoms with Gasteiger partial charge in [-0.15, -0.1) is 0 Å². The molecule has 1 unspecified atom stereocenters. The Labute approximate surface area is 160 Å². The van der Waals surface area contributed by atoms with Gasteiger partial charge in [-0.25, -0.2) is 4.99 Å². The van der Waals surface area contributed by atoms with Gasteiger partial charge >= 0.3 is 0 Å². The van der Waals surface area contributed by atoms with Crippen molar-refractivity contribution in [2.45, 2.75) is 33.9 Å². The van der Waals surface area contributed by atoms with Gasteiger partial charge < -0.3 is 5.32 Å². The minimum absolute atomic E-state index is 0.0740. The fraction of sp³-hybridized carbons (Fsp3) is 0.208. The van der Waals surface area contributed by atoms with Crippen molar-refractivity contribution in [3.63, 3.8) is 0 Å². The van der Waals surface area contributed by atoms with E-state index in [1.807, 2.05) is 0 Å². The highest BCUT2D eigenvalue weighted by Crippen LogP contribution is 2.48. The van der Waals surface area contributed by atoms with Crippen LogP contribution in [0.2, 0.25) is 0 Å². The predicted octanol–water partition coefficient (Wildman–Crippen LogP) is 5.94. The molecule has 1 N–H and O–H groups in total. The van der Waals surface area contributed by atoms with Crippen LogP contribution in [0.25, 0.3) is 0 Å². The first-order chi connectivity index (χ1) is 13.0. The molecule has 2 aliphatic heterocycles. The number of para-hydroxylation sites is 3. The highest BCUT2D eigenvalue weighted by molar-refractivity contribution is 6.17. The van der Waals surface area contributed by atoms with Crippen molar-refractivity contribution in [1.29, 1.82) is 0 Å². The SMILES string of the molecule is Cc1cc(C)c(C2=Nc3c(C)cccc3C3Nc4ccccc4N23)c(C)c1. The topological polar surface area (TPSA) is 27.6 Å². The lowest BCUT2D eigenvalue weighted by atomic mass is 9.95. The Morgan fingerprint density at radius 3 is 2.37 bits per heavy atom. The van der Waals surface area contributed by atoms with Crippen molar-refractivity contribution in [3.8, 4) is 0 Å². The standard InChI is InChI=1S/C24H23N3/c1-14-12-16(3)21(17(4)13-14)24-26-22-15(2)8-7-9-18(22)23-25-19-10-5-6-11-20(19)27(23)24/h5-13,23,25H,1-4H3. The number of aliphatic imine (C=N–C) groups is 1. The predicted molar refractivity (Wildman–Crippen MR) is 113 cm³/mol. The first kappa shape index (κ1) is 16.1. The summed E-state index contributed by atoms with van der Waals surface area (Å²) in [6, 6.07) is 19.5.